The number of ether oxygens (including phenoxy) is 2. The molecular weight excluding hydrogens is 276 g/mol. The van der Waals surface area contributed by atoms with Crippen LogP contribution in [0.1, 0.15) is 33.1 Å². The largest absolute Gasteiger partial charge is 0.480 e. The van der Waals surface area contributed by atoms with Gasteiger partial charge in [-0.15, -0.1) is 0 Å². The van der Waals surface area contributed by atoms with Crippen LogP contribution in [-0.2, 0) is 14.3 Å². The highest BCUT2D eigenvalue weighted by molar-refractivity contribution is 5.83. The molecule has 2 saturated heterocycles. The monoisotopic (exact) mass is 300 g/mol. The van der Waals surface area contributed by atoms with Crippen LogP contribution < -0.4 is 5.32 Å². The SMILES string of the molecule is COC1CC(C(=O)O)N(C(=O)NC2CCOC(C)(C)C2)C1. The number of carbonyl (C=O) groups is 2. The van der Waals surface area contributed by atoms with E-state index < -0.39 is 12.0 Å². The Balaban J connectivity index is 1.97. The summed E-state index contributed by atoms with van der Waals surface area (Å²) in [7, 11) is 1.53. The molecule has 7 nitrogen and oxygen atoms in total. The highest BCUT2D eigenvalue weighted by Crippen LogP contribution is 2.25. The molecule has 3 unspecified atom stereocenters. The van der Waals surface area contributed by atoms with Gasteiger partial charge in [0.15, 0.2) is 0 Å². The summed E-state index contributed by atoms with van der Waals surface area (Å²) in [5.41, 5.74) is -0.261. The van der Waals surface area contributed by atoms with Gasteiger partial charge in [0.2, 0.25) is 0 Å². The number of urea groups is 1. The van der Waals surface area contributed by atoms with Crippen LogP contribution in [0.5, 0.6) is 0 Å². The fourth-order valence-electron chi connectivity index (χ4n) is 3.04. The van der Waals surface area contributed by atoms with Gasteiger partial charge in [-0.05, 0) is 26.7 Å². The second-order valence-electron chi connectivity index (χ2n) is 6.35. The van der Waals surface area contributed by atoms with Gasteiger partial charge < -0.3 is 24.8 Å². The molecule has 3 atom stereocenters. The lowest BCUT2D eigenvalue weighted by molar-refractivity contribution is -0.141. The van der Waals surface area contributed by atoms with Crippen molar-refractivity contribution in [3.63, 3.8) is 0 Å². The third kappa shape index (κ3) is 3.85. The zero-order valence-electron chi connectivity index (χ0n) is 12.8. The maximum Gasteiger partial charge on any atom is 0.326 e. The average Bonchev–Trinajstić information content (AvgIpc) is 2.81. The molecule has 2 heterocycles. The molecule has 2 fully saturated rings. The van der Waals surface area contributed by atoms with Crippen LogP contribution in [0.2, 0.25) is 0 Å². The molecule has 0 aliphatic carbocycles. The number of carboxylic acid groups (broad SMARTS) is 1. The second-order valence-corrected chi connectivity index (χ2v) is 6.35. The summed E-state index contributed by atoms with van der Waals surface area (Å²) in [5, 5.41) is 12.2. The van der Waals surface area contributed by atoms with Crippen molar-refractivity contribution in [1.82, 2.24) is 10.2 Å². The van der Waals surface area contributed by atoms with E-state index in [9.17, 15) is 14.7 Å². The summed E-state index contributed by atoms with van der Waals surface area (Å²) >= 11 is 0. The number of hydrogen-bond donors (Lipinski definition) is 2. The highest BCUT2D eigenvalue weighted by atomic mass is 16.5. The van der Waals surface area contributed by atoms with Crippen molar-refractivity contribution < 1.29 is 24.2 Å². The van der Waals surface area contributed by atoms with Gasteiger partial charge >= 0.3 is 12.0 Å². The molecule has 21 heavy (non-hydrogen) atoms. The van der Waals surface area contributed by atoms with E-state index in [0.717, 1.165) is 12.8 Å². The zero-order chi connectivity index (χ0) is 15.6. The van der Waals surface area contributed by atoms with Gasteiger partial charge in [0.1, 0.15) is 6.04 Å². The van der Waals surface area contributed by atoms with Crippen molar-refractivity contribution in [2.45, 2.75) is 56.9 Å². The molecule has 2 amide bonds. The molecular formula is C14H24N2O5. The minimum atomic E-state index is -0.989. The van der Waals surface area contributed by atoms with E-state index in [1.807, 2.05) is 13.8 Å². The normalized spacial score (nSPS) is 32.0. The third-order valence-electron chi connectivity index (χ3n) is 4.17. The Labute approximate surface area is 124 Å². The Morgan fingerprint density at radius 3 is 2.71 bits per heavy atom. The summed E-state index contributed by atoms with van der Waals surface area (Å²) in [5.74, 6) is -0.989. The van der Waals surface area contributed by atoms with E-state index in [4.69, 9.17) is 9.47 Å². The molecule has 0 spiro atoms. The van der Waals surface area contributed by atoms with Crippen molar-refractivity contribution in [1.29, 1.82) is 0 Å². The van der Waals surface area contributed by atoms with Gasteiger partial charge in [-0.1, -0.05) is 0 Å². The Morgan fingerprint density at radius 1 is 1.43 bits per heavy atom. The minimum absolute atomic E-state index is 0.0114. The fourth-order valence-corrected chi connectivity index (χ4v) is 3.04. The lowest BCUT2D eigenvalue weighted by Gasteiger charge is -2.36. The van der Waals surface area contributed by atoms with Crippen LogP contribution in [0.4, 0.5) is 4.79 Å². The smallest absolute Gasteiger partial charge is 0.326 e. The number of rotatable bonds is 3. The molecule has 2 N–H and O–H groups in total. The Hall–Kier alpha value is -1.34. The number of nitrogens with zero attached hydrogens (tertiary/aromatic N) is 1. The first-order chi connectivity index (χ1) is 9.82. The van der Waals surface area contributed by atoms with Crippen molar-refractivity contribution in [3.05, 3.63) is 0 Å². The first-order valence-corrected chi connectivity index (χ1v) is 7.29. The molecule has 0 radical (unpaired) electrons. The molecule has 0 bridgehead atoms. The van der Waals surface area contributed by atoms with E-state index in [2.05, 4.69) is 5.32 Å². The van der Waals surface area contributed by atoms with Gasteiger partial charge in [-0.3, -0.25) is 0 Å². The van der Waals surface area contributed by atoms with E-state index in [1.54, 1.807) is 0 Å². The topological polar surface area (TPSA) is 88.1 Å². The van der Waals surface area contributed by atoms with E-state index in [-0.39, 0.29) is 23.8 Å². The van der Waals surface area contributed by atoms with Gasteiger partial charge in [-0.25, -0.2) is 9.59 Å². The molecule has 0 aromatic carbocycles. The highest BCUT2D eigenvalue weighted by Gasteiger charge is 2.41. The molecule has 0 saturated carbocycles. The van der Waals surface area contributed by atoms with Gasteiger partial charge in [0.25, 0.3) is 0 Å². The first kappa shape index (κ1) is 16.0. The molecule has 2 rings (SSSR count). The number of nitrogens with one attached hydrogen (secondary N) is 1. The van der Waals surface area contributed by atoms with Gasteiger partial charge in [-0.2, -0.15) is 0 Å². The number of likely N-dealkylation sites (tertiary alicyclic amines) is 1. The zero-order valence-corrected chi connectivity index (χ0v) is 12.8. The van der Waals surface area contributed by atoms with E-state index in [0.29, 0.717) is 19.6 Å². The summed E-state index contributed by atoms with van der Waals surface area (Å²) in [6.45, 7) is 4.89. The predicted octanol–water partition coefficient (Wildman–Crippen LogP) is 0.827. The number of methoxy groups -OCH3 is 1. The van der Waals surface area contributed by atoms with Crippen molar-refractivity contribution in [3.8, 4) is 0 Å². The van der Waals surface area contributed by atoms with Crippen LogP contribution in [0, 0.1) is 0 Å². The van der Waals surface area contributed by atoms with Crippen molar-refractivity contribution in [2.75, 3.05) is 20.3 Å². The van der Waals surface area contributed by atoms with E-state index >= 15 is 0 Å². The Kier molecular flexibility index (Phi) is 4.73. The van der Waals surface area contributed by atoms with Crippen LogP contribution in [0.25, 0.3) is 0 Å². The Morgan fingerprint density at radius 2 is 2.14 bits per heavy atom. The lowest BCUT2D eigenvalue weighted by atomic mass is 9.94. The van der Waals surface area contributed by atoms with Crippen LogP contribution in [-0.4, -0.2) is 66.1 Å². The maximum atomic E-state index is 12.4. The predicted molar refractivity (Wildman–Crippen MR) is 75.1 cm³/mol. The van der Waals surface area contributed by atoms with Crippen LogP contribution >= 0.6 is 0 Å². The first-order valence-electron chi connectivity index (χ1n) is 7.29. The number of carboxylic acids is 1. The average molecular weight is 300 g/mol. The summed E-state index contributed by atoms with van der Waals surface area (Å²) in [6, 6.07) is -1.13. The molecule has 120 valence electrons. The van der Waals surface area contributed by atoms with Crippen LogP contribution in [0.15, 0.2) is 0 Å². The summed E-state index contributed by atoms with van der Waals surface area (Å²) < 4.78 is 10.8. The Bertz CT molecular complexity index is 412. The quantitative estimate of drug-likeness (QED) is 0.806. The maximum absolute atomic E-state index is 12.4. The number of amides is 2. The van der Waals surface area contributed by atoms with Crippen molar-refractivity contribution in [2.24, 2.45) is 0 Å². The lowest BCUT2D eigenvalue weighted by Crippen LogP contribution is -2.52. The standard InChI is InChI=1S/C14H24N2O5/c1-14(2)7-9(4-5-21-14)15-13(19)16-8-10(20-3)6-11(16)12(17)18/h9-11H,4-8H2,1-3H3,(H,15,19)(H,17,18). The number of hydrogen-bond acceptors (Lipinski definition) is 4. The molecule has 2 aliphatic rings. The molecule has 0 aromatic heterocycles. The summed E-state index contributed by atoms with van der Waals surface area (Å²) in [4.78, 5) is 25.0. The number of aliphatic carboxylic acids is 1. The molecule has 2 aliphatic heterocycles. The van der Waals surface area contributed by atoms with Gasteiger partial charge in [0, 0.05) is 32.7 Å². The second kappa shape index (κ2) is 6.19. The fraction of sp³-hybridized carbons (Fsp3) is 0.857. The molecule has 0 aromatic rings. The minimum Gasteiger partial charge on any atom is -0.480 e. The van der Waals surface area contributed by atoms with E-state index in [1.165, 1.54) is 12.0 Å². The van der Waals surface area contributed by atoms with Crippen molar-refractivity contribution >= 4 is 12.0 Å². The summed E-state index contributed by atoms with van der Waals surface area (Å²) in [6.07, 6.45) is 1.58. The van der Waals surface area contributed by atoms with Crippen LogP contribution in [0.3, 0.4) is 0 Å². The van der Waals surface area contributed by atoms with Gasteiger partial charge in [0.05, 0.1) is 11.7 Å². The molecule has 7 heteroatoms. The third-order valence-corrected chi connectivity index (χ3v) is 4.17. The number of carbonyl (C=O) groups excluding carboxylic acids is 1.